The van der Waals surface area contributed by atoms with Gasteiger partial charge in [-0.25, -0.2) is 0 Å². The molecule has 0 aromatic carbocycles. The van der Waals surface area contributed by atoms with Gasteiger partial charge >= 0.3 is 0 Å². The molecule has 1 unspecified atom stereocenters. The van der Waals surface area contributed by atoms with Gasteiger partial charge in [0.05, 0.1) is 0 Å². The number of aromatic amines is 1. The molecule has 0 aliphatic carbocycles. The van der Waals surface area contributed by atoms with Gasteiger partial charge in [0, 0.05) is 30.8 Å². The van der Waals surface area contributed by atoms with Crippen molar-refractivity contribution in [1.82, 2.24) is 19.7 Å². The van der Waals surface area contributed by atoms with Crippen LogP contribution in [0.25, 0.3) is 11.4 Å². The van der Waals surface area contributed by atoms with Crippen LogP contribution < -0.4 is 11.3 Å². The van der Waals surface area contributed by atoms with Gasteiger partial charge in [0.2, 0.25) is 5.56 Å². The van der Waals surface area contributed by atoms with E-state index in [2.05, 4.69) is 19.7 Å². The van der Waals surface area contributed by atoms with E-state index in [-0.39, 0.29) is 5.56 Å². The van der Waals surface area contributed by atoms with Gasteiger partial charge in [-0.05, 0) is 24.9 Å². The summed E-state index contributed by atoms with van der Waals surface area (Å²) in [4.78, 5) is 13.9. The molecule has 0 radical (unpaired) electrons. The van der Waals surface area contributed by atoms with Crippen LogP contribution in [0.3, 0.4) is 0 Å². The lowest BCUT2D eigenvalue weighted by molar-refractivity contribution is 0.391. The molecule has 6 heteroatoms. The van der Waals surface area contributed by atoms with Crippen molar-refractivity contribution in [3.63, 3.8) is 0 Å². The van der Waals surface area contributed by atoms with Crippen LogP contribution in [0.1, 0.15) is 12.2 Å². The lowest BCUT2D eigenvalue weighted by Gasteiger charge is -2.22. The summed E-state index contributed by atoms with van der Waals surface area (Å²) in [5.74, 6) is 2.23. The van der Waals surface area contributed by atoms with Crippen molar-refractivity contribution in [2.45, 2.75) is 19.4 Å². The molecule has 2 aromatic heterocycles. The standard InChI is InChI=1S/C12H15N5O/c13-7-8-2-4-17-10(5-8)15-16-12(17)9-1-3-14-11(18)6-9/h1,3,6,8H,2,4-5,7,13H2,(H,14,18). The molecule has 2 aromatic rings. The van der Waals surface area contributed by atoms with Crippen molar-refractivity contribution in [3.05, 3.63) is 34.5 Å². The summed E-state index contributed by atoms with van der Waals surface area (Å²) >= 11 is 0. The topological polar surface area (TPSA) is 89.6 Å². The molecule has 0 bridgehead atoms. The molecule has 0 spiro atoms. The minimum Gasteiger partial charge on any atom is -0.330 e. The van der Waals surface area contributed by atoms with E-state index in [1.807, 2.05) is 6.07 Å². The van der Waals surface area contributed by atoms with E-state index in [1.54, 1.807) is 12.3 Å². The van der Waals surface area contributed by atoms with Crippen molar-refractivity contribution in [1.29, 1.82) is 0 Å². The summed E-state index contributed by atoms with van der Waals surface area (Å²) in [5.41, 5.74) is 6.38. The average molecular weight is 245 g/mol. The lowest BCUT2D eigenvalue weighted by Crippen LogP contribution is -2.25. The van der Waals surface area contributed by atoms with Gasteiger partial charge in [-0.3, -0.25) is 4.79 Å². The summed E-state index contributed by atoms with van der Waals surface area (Å²) in [5, 5.41) is 8.40. The van der Waals surface area contributed by atoms with Gasteiger partial charge in [-0.1, -0.05) is 0 Å². The van der Waals surface area contributed by atoms with Crippen LogP contribution in [0.4, 0.5) is 0 Å². The quantitative estimate of drug-likeness (QED) is 0.788. The number of nitrogens with one attached hydrogen (secondary N) is 1. The third kappa shape index (κ3) is 1.84. The highest BCUT2D eigenvalue weighted by Crippen LogP contribution is 2.24. The van der Waals surface area contributed by atoms with Gasteiger partial charge in [-0.15, -0.1) is 10.2 Å². The summed E-state index contributed by atoms with van der Waals surface area (Å²) < 4.78 is 2.08. The Balaban J connectivity index is 2.01. The molecule has 3 rings (SSSR count). The number of pyridine rings is 1. The molecule has 1 atom stereocenters. The maximum atomic E-state index is 11.3. The molecule has 3 heterocycles. The van der Waals surface area contributed by atoms with E-state index in [9.17, 15) is 4.79 Å². The number of nitrogens with two attached hydrogens (primary N) is 1. The molecule has 3 N–H and O–H groups in total. The van der Waals surface area contributed by atoms with E-state index in [0.29, 0.717) is 12.5 Å². The largest absolute Gasteiger partial charge is 0.330 e. The number of nitrogens with zero attached hydrogens (tertiary/aromatic N) is 3. The Bertz CT molecular complexity index is 615. The maximum absolute atomic E-state index is 11.3. The van der Waals surface area contributed by atoms with Crippen LogP contribution in [0.5, 0.6) is 0 Å². The molecule has 6 nitrogen and oxygen atoms in total. The number of H-pyrrole nitrogens is 1. The van der Waals surface area contributed by atoms with E-state index in [4.69, 9.17) is 5.73 Å². The smallest absolute Gasteiger partial charge is 0.248 e. The second kappa shape index (κ2) is 4.38. The number of fused-ring (bicyclic) bond motifs is 1. The van der Waals surface area contributed by atoms with E-state index >= 15 is 0 Å². The fraction of sp³-hybridized carbons (Fsp3) is 0.417. The summed E-state index contributed by atoms with van der Waals surface area (Å²) in [6, 6.07) is 3.39. The molecule has 0 saturated carbocycles. The Morgan fingerprint density at radius 3 is 3.17 bits per heavy atom. The first kappa shape index (κ1) is 11.2. The predicted molar refractivity (Wildman–Crippen MR) is 66.9 cm³/mol. The van der Waals surface area contributed by atoms with Crippen LogP contribution in [-0.2, 0) is 13.0 Å². The molecular weight excluding hydrogens is 230 g/mol. The molecule has 1 aliphatic heterocycles. The highest BCUT2D eigenvalue weighted by Gasteiger charge is 2.22. The van der Waals surface area contributed by atoms with Crippen LogP contribution in [0, 0.1) is 5.92 Å². The highest BCUT2D eigenvalue weighted by molar-refractivity contribution is 5.54. The Morgan fingerprint density at radius 2 is 2.39 bits per heavy atom. The van der Waals surface area contributed by atoms with Gasteiger partial charge in [0.25, 0.3) is 0 Å². The first-order valence-electron chi connectivity index (χ1n) is 6.09. The van der Waals surface area contributed by atoms with Gasteiger partial charge in [0.1, 0.15) is 5.82 Å². The Morgan fingerprint density at radius 1 is 1.50 bits per heavy atom. The van der Waals surface area contributed by atoms with Crippen LogP contribution in [-0.4, -0.2) is 26.3 Å². The number of aromatic nitrogens is 4. The molecule has 94 valence electrons. The normalized spacial score (nSPS) is 18.6. The van der Waals surface area contributed by atoms with Gasteiger partial charge < -0.3 is 15.3 Å². The fourth-order valence-corrected chi connectivity index (χ4v) is 2.39. The van der Waals surface area contributed by atoms with Crippen LogP contribution >= 0.6 is 0 Å². The van der Waals surface area contributed by atoms with Gasteiger partial charge in [-0.2, -0.15) is 0 Å². The third-order valence-corrected chi connectivity index (χ3v) is 3.43. The summed E-state index contributed by atoms with van der Waals surface area (Å²) in [7, 11) is 0. The zero-order valence-electron chi connectivity index (χ0n) is 9.97. The second-order valence-electron chi connectivity index (χ2n) is 4.63. The van der Waals surface area contributed by atoms with Crippen molar-refractivity contribution in [2.24, 2.45) is 11.7 Å². The number of rotatable bonds is 2. The van der Waals surface area contributed by atoms with Crippen LogP contribution in [0.15, 0.2) is 23.1 Å². The number of hydrogen-bond acceptors (Lipinski definition) is 4. The van der Waals surface area contributed by atoms with Crippen molar-refractivity contribution >= 4 is 0 Å². The Hall–Kier alpha value is -1.95. The summed E-state index contributed by atoms with van der Waals surface area (Å²) in [6.45, 7) is 1.56. The molecule has 0 fully saturated rings. The second-order valence-corrected chi connectivity index (χ2v) is 4.63. The Kier molecular flexibility index (Phi) is 2.71. The van der Waals surface area contributed by atoms with Crippen molar-refractivity contribution in [2.75, 3.05) is 6.54 Å². The minimum absolute atomic E-state index is 0.125. The van der Waals surface area contributed by atoms with E-state index in [0.717, 1.165) is 36.6 Å². The Labute approximate surface area is 104 Å². The molecule has 18 heavy (non-hydrogen) atoms. The fourth-order valence-electron chi connectivity index (χ4n) is 2.39. The minimum atomic E-state index is -0.125. The summed E-state index contributed by atoms with van der Waals surface area (Å²) in [6.07, 6.45) is 3.54. The lowest BCUT2D eigenvalue weighted by atomic mass is 9.98. The molecule has 0 amide bonds. The van der Waals surface area contributed by atoms with Crippen molar-refractivity contribution < 1.29 is 0 Å². The predicted octanol–water partition coefficient (Wildman–Crippen LogP) is 0.154. The van der Waals surface area contributed by atoms with E-state index < -0.39 is 0 Å². The third-order valence-electron chi connectivity index (χ3n) is 3.43. The first-order chi connectivity index (χ1) is 8.78. The zero-order valence-corrected chi connectivity index (χ0v) is 9.97. The molecular formula is C12H15N5O. The van der Waals surface area contributed by atoms with Crippen LogP contribution in [0.2, 0.25) is 0 Å². The van der Waals surface area contributed by atoms with Gasteiger partial charge in [0.15, 0.2) is 5.82 Å². The molecule has 1 aliphatic rings. The zero-order chi connectivity index (χ0) is 12.5. The SMILES string of the molecule is NCC1CCn2c(nnc2-c2cc[nH]c(=O)c2)C1. The average Bonchev–Trinajstić information content (AvgIpc) is 2.81. The first-order valence-corrected chi connectivity index (χ1v) is 6.09. The monoisotopic (exact) mass is 245 g/mol. The number of hydrogen-bond donors (Lipinski definition) is 2. The maximum Gasteiger partial charge on any atom is 0.248 e. The van der Waals surface area contributed by atoms with Crippen molar-refractivity contribution in [3.8, 4) is 11.4 Å². The van der Waals surface area contributed by atoms with E-state index in [1.165, 1.54) is 0 Å². The highest BCUT2D eigenvalue weighted by atomic mass is 16.1. The molecule has 0 saturated heterocycles.